The molecule has 6 nitrogen and oxygen atoms in total. The molecule has 2 aliphatic heterocycles. The molecule has 0 saturated carbocycles. The van der Waals surface area contributed by atoms with Gasteiger partial charge in [0.15, 0.2) is 0 Å². The molecule has 122 valence electrons. The number of benzene rings is 1. The average molecular weight is 310 g/mol. The molecule has 2 aliphatic rings. The molecule has 22 heavy (non-hydrogen) atoms. The van der Waals surface area contributed by atoms with Gasteiger partial charge in [0.25, 0.3) is 0 Å². The maximum absolute atomic E-state index is 9.73. The maximum atomic E-state index is 9.73. The van der Waals surface area contributed by atoms with E-state index >= 15 is 0 Å². The predicted molar refractivity (Wildman–Crippen MR) is 78.2 cm³/mol. The van der Waals surface area contributed by atoms with Gasteiger partial charge in [-0.3, -0.25) is 0 Å². The van der Waals surface area contributed by atoms with Crippen molar-refractivity contribution in [1.82, 2.24) is 0 Å². The topological polar surface area (TPSA) is 84.0 Å². The van der Waals surface area contributed by atoms with Crippen LogP contribution >= 0.6 is 0 Å². The first-order valence-electron chi connectivity index (χ1n) is 7.64. The summed E-state index contributed by atoms with van der Waals surface area (Å²) >= 11 is 0. The lowest BCUT2D eigenvalue weighted by atomic mass is 10.2. The molecular formula is C16H22O6. The zero-order valence-electron chi connectivity index (χ0n) is 12.4. The zero-order chi connectivity index (χ0) is 15.4. The third kappa shape index (κ3) is 5.46. The predicted octanol–water partition coefficient (Wildman–Crippen LogP) is 0.744. The SMILES string of the molecule is OC(COc1ccc(OCC(O)CC2CO2)cc1)CC1CO1. The van der Waals surface area contributed by atoms with Crippen LogP contribution in [0.2, 0.25) is 0 Å². The third-order valence-corrected chi connectivity index (χ3v) is 3.58. The van der Waals surface area contributed by atoms with Crippen LogP contribution in [0, 0.1) is 0 Å². The summed E-state index contributed by atoms with van der Waals surface area (Å²) in [4.78, 5) is 0. The molecule has 1 aromatic rings. The summed E-state index contributed by atoms with van der Waals surface area (Å²) in [6.45, 7) is 1.98. The number of rotatable bonds is 10. The van der Waals surface area contributed by atoms with Gasteiger partial charge in [-0.05, 0) is 24.3 Å². The molecule has 2 N–H and O–H groups in total. The molecule has 6 heteroatoms. The van der Waals surface area contributed by atoms with E-state index in [0.29, 0.717) is 24.3 Å². The Morgan fingerprint density at radius 2 is 1.23 bits per heavy atom. The van der Waals surface area contributed by atoms with E-state index in [1.807, 2.05) is 0 Å². The van der Waals surface area contributed by atoms with E-state index in [9.17, 15) is 10.2 Å². The van der Waals surface area contributed by atoms with Crippen LogP contribution < -0.4 is 9.47 Å². The van der Waals surface area contributed by atoms with Gasteiger partial charge >= 0.3 is 0 Å². The van der Waals surface area contributed by atoms with Gasteiger partial charge < -0.3 is 29.2 Å². The van der Waals surface area contributed by atoms with Gasteiger partial charge in [-0.25, -0.2) is 0 Å². The van der Waals surface area contributed by atoms with Crippen LogP contribution in [0.5, 0.6) is 11.5 Å². The molecule has 0 bridgehead atoms. The fourth-order valence-corrected chi connectivity index (χ4v) is 2.17. The van der Waals surface area contributed by atoms with Crippen LogP contribution in [0.1, 0.15) is 12.8 Å². The van der Waals surface area contributed by atoms with Gasteiger partial charge in [0, 0.05) is 12.8 Å². The first kappa shape index (κ1) is 15.6. The van der Waals surface area contributed by atoms with Gasteiger partial charge in [-0.2, -0.15) is 0 Å². The number of ether oxygens (including phenoxy) is 4. The second-order valence-corrected chi connectivity index (χ2v) is 5.78. The highest BCUT2D eigenvalue weighted by atomic mass is 16.6. The lowest BCUT2D eigenvalue weighted by molar-refractivity contribution is 0.0906. The number of aliphatic hydroxyl groups is 2. The summed E-state index contributed by atoms with van der Waals surface area (Å²) in [7, 11) is 0. The number of hydrogen-bond acceptors (Lipinski definition) is 6. The minimum absolute atomic E-state index is 0.196. The Morgan fingerprint density at radius 3 is 1.55 bits per heavy atom. The summed E-state index contributed by atoms with van der Waals surface area (Å²) < 4.78 is 21.1. The minimum atomic E-state index is -0.511. The summed E-state index contributed by atoms with van der Waals surface area (Å²) in [5.41, 5.74) is 0. The molecule has 3 rings (SSSR count). The van der Waals surface area contributed by atoms with Crippen LogP contribution in [-0.4, -0.2) is 61.1 Å². The Kier molecular flexibility index (Phi) is 5.15. The lowest BCUT2D eigenvalue weighted by Crippen LogP contribution is -2.20. The monoisotopic (exact) mass is 310 g/mol. The van der Waals surface area contributed by atoms with Crippen LogP contribution in [0.25, 0.3) is 0 Å². The molecule has 1 aromatic carbocycles. The van der Waals surface area contributed by atoms with Gasteiger partial charge in [-0.1, -0.05) is 0 Å². The zero-order valence-corrected chi connectivity index (χ0v) is 12.4. The minimum Gasteiger partial charge on any atom is -0.491 e. The Labute approximate surface area is 129 Å². The second-order valence-electron chi connectivity index (χ2n) is 5.78. The van der Waals surface area contributed by atoms with Crippen molar-refractivity contribution in [2.45, 2.75) is 37.3 Å². The van der Waals surface area contributed by atoms with Crippen molar-refractivity contribution >= 4 is 0 Å². The highest BCUT2D eigenvalue weighted by molar-refractivity contribution is 5.31. The average Bonchev–Trinajstić information content (AvgIpc) is 3.41. The molecule has 2 saturated heterocycles. The van der Waals surface area contributed by atoms with Crippen molar-refractivity contribution in [3.63, 3.8) is 0 Å². The molecule has 2 fully saturated rings. The molecule has 0 aliphatic carbocycles. The van der Waals surface area contributed by atoms with E-state index in [1.165, 1.54) is 0 Å². The number of epoxide rings is 2. The van der Waals surface area contributed by atoms with Gasteiger partial charge in [0.05, 0.1) is 37.6 Å². The van der Waals surface area contributed by atoms with Crippen molar-refractivity contribution in [3.8, 4) is 11.5 Å². The molecule has 0 spiro atoms. The van der Waals surface area contributed by atoms with Crippen LogP contribution in [-0.2, 0) is 9.47 Å². The van der Waals surface area contributed by atoms with Crippen molar-refractivity contribution in [3.05, 3.63) is 24.3 Å². The van der Waals surface area contributed by atoms with E-state index in [4.69, 9.17) is 18.9 Å². The summed E-state index contributed by atoms with van der Waals surface area (Å²) in [5.74, 6) is 1.35. The summed E-state index contributed by atoms with van der Waals surface area (Å²) in [6.07, 6.45) is 0.600. The third-order valence-electron chi connectivity index (χ3n) is 3.58. The molecule has 0 radical (unpaired) electrons. The number of hydrogen-bond donors (Lipinski definition) is 2. The van der Waals surface area contributed by atoms with Crippen molar-refractivity contribution in [2.75, 3.05) is 26.4 Å². The first-order valence-corrected chi connectivity index (χ1v) is 7.64. The van der Waals surface area contributed by atoms with E-state index in [1.54, 1.807) is 24.3 Å². The Bertz CT molecular complexity index is 411. The summed E-state index contributed by atoms with van der Waals surface area (Å²) in [5, 5.41) is 19.5. The molecule has 2 heterocycles. The molecule has 0 amide bonds. The Morgan fingerprint density at radius 1 is 0.864 bits per heavy atom. The second kappa shape index (κ2) is 7.28. The van der Waals surface area contributed by atoms with E-state index in [-0.39, 0.29) is 25.4 Å². The standard InChI is InChI=1S/C16H22O6/c17-11(5-15-9-21-15)7-19-13-1-2-14(4-3-13)20-8-12(18)6-16-10-22-16/h1-4,11-12,15-18H,5-10H2. The Balaban J connectivity index is 1.35. The van der Waals surface area contributed by atoms with Gasteiger partial charge in [-0.15, -0.1) is 0 Å². The van der Waals surface area contributed by atoms with Gasteiger partial charge in [0.1, 0.15) is 24.7 Å². The molecule has 4 atom stereocenters. The fourth-order valence-electron chi connectivity index (χ4n) is 2.17. The largest absolute Gasteiger partial charge is 0.491 e. The number of aliphatic hydroxyl groups excluding tert-OH is 2. The fraction of sp³-hybridized carbons (Fsp3) is 0.625. The summed E-state index contributed by atoms with van der Waals surface area (Å²) in [6, 6.07) is 7.14. The smallest absolute Gasteiger partial charge is 0.119 e. The van der Waals surface area contributed by atoms with E-state index in [2.05, 4.69) is 0 Å². The molecule has 0 aromatic heterocycles. The molecular weight excluding hydrogens is 288 g/mol. The highest BCUT2D eigenvalue weighted by Crippen LogP contribution is 2.21. The van der Waals surface area contributed by atoms with Crippen molar-refractivity contribution in [1.29, 1.82) is 0 Å². The first-order chi connectivity index (χ1) is 10.7. The van der Waals surface area contributed by atoms with E-state index in [0.717, 1.165) is 13.2 Å². The Hall–Kier alpha value is -1.34. The highest BCUT2D eigenvalue weighted by Gasteiger charge is 2.26. The maximum Gasteiger partial charge on any atom is 0.119 e. The molecule has 4 unspecified atom stereocenters. The van der Waals surface area contributed by atoms with Crippen molar-refractivity contribution in [2.24, 2.45) is 0 Å². The van der Waals surface area contributed by atoms with E-state index < -0.39 is 12.2 Å². The quantitative estimate of drug-likeness (QED) is 0.620. The van der Waals surface area contributed by atoms with Crippen LogP contribution in [0.3, 0.4) is 0 Å². The normalized spacial score (nSPS) is 25.4. The van der Waals surface area contributed by atoms with Gasteiger partial charge in [0.2, 0.25) is 0 Å². The lowest BCUT2D eigenvalue weighted by Gasteiger charge is -2.13. The van der Waals surface area contributed by atoms with Crippen LogP contribution in [0.15, 0.2) is 24.3 Å². The van der Waals surface area contributed by atoms with Crippen molar-refractivity contribution < 1.29 is 29.2 Å². The van der Waals surface area contributed by atoms with Crippen LogP contribution in [0.4, 0.5) is 0 Å².